The molecule has 0 aliphatic carbocycles. The summed E-state index contributed by atoms with van der Waals surface area (Å²) in [4.78, 5) is 2.52. The topological polar surface area (TPSA) is 29.3 Å². The number of nitrogens with zero attached hydrogens (tertiary/aromatic N) is 1. The van der Waals surface area contributed by atoms with Crippen molar-refractivity contribution in [3.8, 4) is 0 Å². The number of benzene rings is 1. The van der Waals surface area contributed by atoms with Gasteiger partial charge in [-0.1, -0.05) is 0 Å². The summed E-state index contributed by atoms with van der Waals surface area (Å²) < 4.78 is 0. The lowest BCUT2D eigenvalue weighted by molar-refractivity contribution is 0.692. The van der Waals surface area contributed by atoms with E-state index in [9.17, 15) is 0 Å². The number of hydrogen-bond donors (Lipinski definition) is 1. The molecule has 1 saturated heterocycles. The molecule has 0 amide bonds. The fraction of sp³-hybridized carbons (Fsp3) is 0.538. The van der Waals surface area contributed by atoms with Gasteiger partial charge in [0.05, 0.1) is 0 Å². The van der Waals surface area contributed by atoms with Crippen LogP contribution in [0.4, 0.5) is 11.4 Å². The van der Waals surface area contributed by atoms with E-state index in [1.54, 1.807) is 0 Å². The molecule has 0 spiro atoms. The second-order valence-corrected chi connectivity index (χ2v) is 4.73. The number of anilines is 2. The van der Waals surface area contributed by atoms with Crippen LogP contribution in [-0.2, 0) is 0 Å². The molecule has 2 atom stereocenters. The van der Waals surface area contributed by atoms with E-state index in [0.717, 1.165) is 5.69 Å². The maximum atomic E-state index is 5.78. The summed E-state index contributed by atoms with van der Waals surface area (Å²) in [5, 5.41) is 0. The lowest BCUT2D eigenvalue weighted by atomic mass is 10.1. The summed E-state index contributed by atoms with van der Waals surface area (Å²) in [7, 11) is 0. The number of hydrogen-bond acceptors (Lipinski definition) is 2. The van der Waals surface area contributed by atoms with Crippen LogP contribution in [0.15, 0.2) is 18.2 Å². The summed E-state index contributed by atoms with van der Waals surface area (Å²) >= 11 is 0. The third-order valence-corrected chi connectivity index (χ3v) is 3.45. The fourth-order valence-electron chi connectivity index (χ4n) is 2.64. The second kappa shape index (κ2) is 3.76. The van der Waals surface area contributed by atoms with E-state index in [1.165, 1.54) is 24.1 Å². The van der Waals surface area contributed by atoms with Gasteiger partial charge in [0.1, 0.15) is 0 Å². The summed E-state index contributed by atoms with van der Waals surface area (Å²) in [6, 6.07) is 7.53. The highest BCUT2D eigenvalue weighted by Gasteiger charge is 2.28. The van der Waals surface area contributed by atoms with Crippen LogP contribution in [0, 0.1) is 6.92 Å². The van der Waals surface area contributed by atoms with E-state index in [-0.39, 0.29) is 0 Å². The molecule has 1 aliphatic heterocycles. The Labute approximate surface area is 92.1 Å². The molecular formula is C13H20N2. The van der Waals surface area contributed by atoms with Crippen LogP contribution < -0.4 is 10.6 Å². The van der Waals surface area contributed by atoms with Crippen molar-refractivity contribution in [1.29, 1.82) is 0 Å². The zero-order chi connectivity index (χ0) is 11.0. The minimum atomic E-state index is 0.655. The fourth-order valence-corrected chi connectivity index (χ4v) is 2.64. The predicted octanol–water partition coefficient (Wildman–Crippen LogP) is 2.95. The van der Waals surface area contributed by atoms with Gasteiger partial charge in [0, 0.05) is 23.5 Å². The Hall–Kier alpha value is -1.18. The molecule has 1 aliphatic rings. The van der Waals surface area contributed by atoms with E-state index < -0.39 is 0 Å². The van der Waals surface area contributed by atoms with Crippen molar-refractivity contribution in [3.05, 3.63) is 23.8 Å². The number of nitrogens with two attached hydrogens (primary N) is 1. The van der Waals surface area contributed by atoms with Gasteiger partial charge in [0.25, 0.3) is 0 Å². The molecule has 1 fully saturated rings. The zero-order valence-corrected chi connectivity index (χ0v) is 9.83. The lowest BCUT2D eigenvalue weighted by Crippen LogP contribution is -2.33. The summed E-state index contributed by atoms with van der Waals surface area (Å²) in [5.74, 6) is 0. The number of rotatable bonds is 1. The molecule has 2 N–H and O–H groups in total. The minimum absolute atomic E-state index is 0.655. The standard InChI is InChI=1S/C13H20N2/c1-9-8-12(14)6-7-13(9)15-10(2)4-5-11(15)3/h6-8,10-11H,4-5,14H2,1-3H3. The first kappa shape index (κ1) is 10.3. The summed E-state index contributed by atoms with van der Waals surface area (Å²) in [6.07, 6.45) is 2.59. The van der Waals surface area contributed by atoms with Crippen molar-refractivity contribution in [2.24, 2.45) is 0 Å². The SMILES string of the molecule is Cc1cc(N)ccc1N1C(C)CCC1C. The van der Waals surface area contributed by atoms with Gasteiger partial charge in [-0.2, -0.15) is 0 Å². The Morgan fingerprint density at radius 3 is 2.33 bits per heavy atom. The Kier molecular flexibility index (Phi) is 2.59. The second-order valence-electron chi connectivity index (χ2n) is 4.73. The van der Waals surface area contributed by atoms with Crippen molar-refractivity contribution in [2.75, 3.05) is 10.6 Å². The van der Waals surface area contributed by atoms with E-state index in [0.29, 0.717) is 12.1 Å². The molecule has 1 aromatic carbocycles. The first-order valence-corrected chi connectivity index (χ1v) is 5.74. The first-order valence-electron chi connectivity index (χ1n) is 5.74. The van der Waals surface area contributed by atoms with Gasteiger partial charge in [0.2, 0.25) is 0 Å². The molecule has 1 heterocycles. The van der Waals surface area contributed by atoms with E-state index in [2.05, 4.69) is 37.8 Å². The van der Waals surface area contributed by atoms with Crippen molar-refractivity contribution in [3.63, 3.8) is 0 Å². The molecule has 2 unspecified atom stereocenters. The van der Waals surface area contributed by atoms with Crippen molar-refractivity contribution in [2.45, 2.75) is 45.7 Å². The summed E-state index contributed by atoms with van der Waals surface area (Å²) in [6.45, 7) is 6.75. The Morgan fingerprint density at radius 1 is 1.20 bits per heavy atom. The van der Waals surface area contributed by atoms with Crippen LogP contribution in [0.25, 0.3) is 0 Å². The molecule has 15 heavy (non-hydrogen) atoms. The van der Waals surface area contributed by atoms with Crippen LogP contribution in [0.3, 0.4) is 0 Å². The molecular weight excluding hydrogens is 184 g/mol. The molecule has 0 radical (unpaired) electrons. The van der Waals surface area contributed by atoms with E-state index >= 15 is 0 Å². The predicted molar refractivity (Wildman–Crippen MR) is 66.2 cm³/mol. The Balaban J connectivity index is 2.36. The van der Waals surface area contributed by atoms with Gasteiger partial charge in [-0.05, 0) is 57.4 Å². The third-order valence-electron chi connectivity index (χ3n) is 3.45. The highest BCUT2D eigenvalue weighted by atomic mass is 15.2. The van der Waals surface area contributed by atoms with E-state index in [4.69, 9.17) is 5.73 Å². The van der Waals surface area contributed by atoms with Crippen LogP contribution in [0.5, 0.6) is 0 Å². The molecule has 2 heteroatoms. The highest BCUT2D eigenvalue weighted by molar-refractivity contribution is 5.60. The number of nitrogen functional groups attached to an aromatic ring is 1. The average molecular weight is 204 g/mol. The normalized spacial score (nSPS) is 25.9. The molecule has 1 aromatic rings. The molecule has 0 bridgehead atoms. The molecule has 2 rings (SSSR count). The smallest absolute Gasteiger partial charge is 0.0402 e. The molecule has 82 valence electrons. The van der Waals surface area contributed by atoms with Crippen molar-refractivity contribution in [1.82, 2.24) is 0 Å². The van der Waals surface area contributed by atoms with E-state index in [1.807, 2.05) is 6.07 Å². The van der Waals surface area contributed by atoms with Crippen molar-refractivity contribution < 1.29 is 0 Å². The van der Waals surface area contributed by atoms with Crippen LogP contribution in [-0.4, -0.2) is 12.1 Å². The quantitative estimate of drug-likeness (QED) is 0.713. The lowest BCUT2D eigenvalue weighted by Gasteiger charge is -2.30. The van der Waals surface area contributed by atoms with Gasteiger partial charge in [-0.15, -0.1) is 0 Å². The monoisotopic (exact) mass is 204 g/mol. The minimum Gasteiger partial charge on any atom is -0.399 e. The van der Waals surface area contributed by atoms with Gasteiger partial charge < -0.3 is 10.6 Å². The average Bonchev–Trinajstić information content (AvgIpc) is 2.48. The first-order chi connectivity index (χ1) is 7.09. The Bertz CT molecular complexity index is 350. The van der Waals surface area contributed by atoms with Gasteiger partial charge in [0.15, 0.2) is 0 Å². The molecule has 0 aromatic heterocycles. The largest absolute Gasteiger partial charge is 0.399 e. The summed E-state index contributed by atoms with van der Waals surface area (Å²) in [5.41, 5.74) is 9.27. The third kappa shape index (κ3) is 1.81. The van der Waals surface area contributed by atoms with Gasteiger partial charge in [-0.3, -0.25) is 0 Å². The van der Waals surface area contributed by atoms with Crippen molar-refractivity contribution >= 4 is 11.4 Å². The van der Waals surface area contributed by atoms with Crippen LogP contribution in [0.1, 0.15) is 32.3 Å². The van der Waals surface area contributed by atoms with Gasteiger partial charge in [-0.25, -0.2) is 0 Å². The maximum absolute atomic E-state index is 5.78. The number of aryl methyl sites for hydroxylation is 1. The van der Waals surface area contributed by atoms with Crippen LogP contribution in [0.2, 0.25) is 0 Å². The van der Waals surface area contributed by atoms with Gasteiger partial charge >= 0.3 is 0 Å². The molecule has 2 nitrogen and oxygen atoms in total. The van der Waals surface area contributed by atoms with Crippen LogP contribution >= 0.6 is 0 Å². The molecule has 0 saturated carbocycles. The maximum Gasteiger partial charge on any atom is 0.0402 e. The Morgan fingerprint density at radius 2 is 1.80 bits per heavy atom. The highest BCUT2D eigenvalue weighted by Crippen LogP contribution is 2.33. The zero-order valence-electron chi connectivity index (χ0n) is 9.83.